The Morgan fingerprint density at radius 3 is 2.58 bits per heavy atom. The first kappa shape index (κ1) is 26.9. The Balaban J connectivity index is 1.90. The second-order valence-electron chi connectivity index (χ2n) is 8.42. The maximum absolute atomic E-state index is 12.9. The molecule has 2 unspecified atom stereocenters. The maximum Gasteiger partial charge on any atom is 0.342 e. The molecule has 0 radical (unpaired) electrons. The van der Waals surface area contributed by atoms with E-state index in [2.05, 4.69) is 13.2 Å². The number of esters is 1. The summed E-state index contributed by atoms with van der Waals surface area (Å²) in [7, 11) is 3.08. The third-order valence-corrected chi connectivity index (χ3v) is 5.85. The zero-order valence-corrected chi connectivity index (χ0v) is 20.5. The maximum atomic E-state index is 12.9. The molecule has 1 aliphatic heterocycles. The van der Waals surface area contributed by atoms with Gasteiger partial charge in [-0.05, 0) is 76.3 Å². The second-order valence-corrected chi connectivity index (χ2v) is 8.42. The van der Waals surface area contributed by atoms with E-state index < -0.39 is 5.97 Å². The summed E-state index contributed by atoms with van der Waals surface area (Å²) in [5.74, 6) is 0.576. The van der Waals surface area contributed by atoms with E-state index in [0.717, 1.165) is 64.4 Å². The highest BCUT2D eigenvalue weighted by Gasteiger charge is 2.23. The highest BCUT2D eigenvalue weighted by atomic mass is 16.7. The summed E-state index contributed by atoms with van der Waals surface area (Å²) in [6.45, 7) is 10.3. The van der Waals surface area contributed by atoms with E-state index in [1.54, 1.807) is 25.3 Å². The molecule has 0 spiro atoms. The molecule has 0 bridgehead atoms. The fourth-order valence-corrected chi connectivity index (χ4v) is 4.01. The Kier molecular flexibility index (Phi) is 12.0. The van der Waals surface area contributed by atoms with Crippen LogP contribution in [0.4, 0.5) is 0 Å². The lowest BCUT2D eigenvalue weighted by Gasteiger charge is -2.28. The van der Waals surface area contributed by atoms with Crippen molar-refractivity contribution >= 4 is 12.0 Å². The minimum absolute atomic E-state index is 0.0948. The standard InChI is InChI=1S/C27H40O6/c1-6-8-9-14-22(33-25-16-10-11-17-31-25)15-12-13-20(3)32-27(28)26-21(7-2)18-23(29-4)19-24(26)30-5/h6-7,18-20,22,25H,1-2,8-17H2,3-5H3/t20-,22?,25?/m0/s1. The zero-order chi connectivity index (χ0) is 24.1. The van der Waals surface area contributed by atoms with Crippen molar-refractivity contribution in [1.82, 2.24) is 0 Å². The number of unbranched alkanes of at least 4 members (excludes halogenated alkanes) is 1. The van der Waals surface area contributed by atoms with E-state index in [0.29, 0.717) is 22.6 Å². The quantitative estimate of drug-likeness (QED) is 0.173. The van der Waals surface area contributed by atoms with Gasteiger partial charge >= 0.3 is 5.97 Å². The normalized spacial score (nSPS) is 17.6. The third kappa shape index (κ3) is 8.86. The van der Waals surface area contributed by atoms with Crippen LogP contribution in [0, 0.1) is 0 Å². The van der Waals surface area contributed by atoms with E-state index in [1.165, 1.54) is 7.11 Å². The number of carbonyl (C=O) groups excluding carboxylic acids is 1. The number of allylic oxidation sites excluding steroid dienone is 1. The molecule has 0 amide bonds. The van der Waals surface area contributed by atoms with Crippen LogP contribution in [0.15, 0.2) is 31.4 Å². The van der Waals surface area contributed by atoms with Crippen molar-refractivity contribution in [3.63, 3.8) is 0 Å². The van der Waals surface area contributed by atoms with Gasteiger partial charge in [-0.1, -0.05) is 18.7 Å². The van der Waals surface area contributed by atoms with E-state index in [1.807, 2.05) is 13.0 Å². The molecule has 0 aromatic heterocycles. The molecule has 1 fully saturated rings. The Hall–Kier alpha value is -2.31. The summed E-state index contributed by atoms with van der Waals surface area (Å²) in [6, 6.07) is 3.42. The van der Waals surface area contributed by atoms with E-state index >= 15 is 0 Å². The molecule has 1 aliphatic rings. The molecule has 6 heteroatoms. The molecule has 1 heterocycles. The van der Waals surface area contributed by atoms with Crippen LogP contribution in [0.25, 0.3) is 6.08 Å². The first-order valence-electron chi connectivity index (χ1n) is 12.0. The Morgan fingerprint density at radius 1 is 1.15 bits per heavy atom. The van der Waals surface area contributed by atoms with Gasteiger partial charge in [-0.15, -0.1) is 6.58 Å². The number of carbonyl (C=O) groups is 1. The van der Waals surface area contributed by atoms with Crippen LogP contribution in [0.5, 0.6) is 11.5 Å². The van der Waals surface area contributed by atoms with E-state index in [9.17, 15) is 4.79 Å². The summed E-state index contributed by atoms with van der Waals surface area (Å²) in [5, 5.41) is 0. The van der Waals surface area contributed by atoms with E-state index in [4.69, 9.17) is 23.7 Å². The molecule has 0 saturated carbocycles. The van der Waals surface area contributed by atoms with Crippen molar-refractivity contribution in [2.75, 3.05) is 20.8 Å². The molecule has 1 aromatic rings. The van der Waals surface area contributed by atoms with Crippen molar-refractivity contribution in [3.05, 3.63) is 42.5 Å². The molecular weight excluding hydrogens is 420 g/mol. The van der Waals surface area contributed by atoms with E-state index in [-0.39, 0.29) is 18.5 Å². The van der Waals surface area contributed by atoms with Gasteiger partial charge in [0.2, 0.25) is 0 Å². The SMILES string of the molecule is C=CCCCC(CCC[C@H](C)OC(=O)c1c(C=C)cc(OC)cc1OC)OC1CCCCO1. The largest absolute Gasteiger partial charge is 0.497 e. The summed E-state index contributed by atoms with van der Waals surface area (Å²) in [6.07, 6.45) is 12.1. The van der Waals surface area contributed by atoms with Crippen LogP contribution in [0.2, 0.25) is 0 Å². The third-order valence-electron chi connectivity index (χ3n) is 5.85. The number of hydrogen-bond donors (Lipinski definition) is 0. The minimum Gasteiger partial charge on any atom is -0.497 e. The first-order valence-corrected chi connectivity index (χ1v) is 12.0. The van der Waals surface area contributed by atoms with Gasteiger partial charge in [0, 0.05) is 12.7 Å². The van der Waals surface area contributed by atoms with Crippen LogP contribution in [0.3, 0.4) is 0 Å². The molecule has 184 valence electrons. The van der Waals surface area contributed by atoms with Gasteiger partial charge in [-0.2, -0.15) is 0 Å². The van der Waals surface area contributed by atoms with Crippen LogP contribution < -0.4 is 9.47 Å². The van der Waals surface area contributed by atoms with Crippen molar-refractivity contribution in [3.8, 4) is 11.5 Å². The average Bonchev–Trinajstić information content (AvgIpc) is 2.83. The molecule has 1 aromatic carbocycles. The Labute approximate surface area is 198 Å². The minimum atomic E-state index is -0.425. The Bertz CT molecular complexity index is 753. The topological polar surface area (TPSA) is 63.2 Å². The van der Waals surface area contributed by atoms with Crippen LogP contribution in [-0.4, -0.2) is 45.3 Å². The molecule has 1 saturated heterocycles. The predicted molar refractivity (Wildman–Crippen MR) is 131 cm³/mol. The van der Waals surface area contributed by atoms with Gasteiger partial charge in [0.1, 0.15) is 17.1 Å². The predicted octanol–water partition coefficient (Wildman–Crippen LogP) is 6.33. The number of benzene rings is 1. The van der Waals surface area contributed by atoms with Crippen LogP contribution in [-0.2, 0) is 14.2 Å². The number of rotatable bonds is 15. The first-order chi connectivity index (χ1) is 16.0. The second kappa shape index (κ2) is 14.8. The van der Waals surface area contributed by atoms with Gasteiger partial charge in [-0.25, -0.2) is 4.79 Å². The van der Waals surface area contributed by atoms with Crippen LogP contribution in [0.1, 0.15) is 80.6 Å². The van der Waals surface area contributed by atoms with Crippen molar-refractivity contribution in [2.45, 2.75) is 83.2 Å². The van der Waals surface area contributed by atoms with Crippen molar-refractivity contribution in [2.24, 2.45) is 0 Å². The highest BCUT2D eigenvalue weighted by Crippen LogP contribution is 2.31. The monoisotopic (exact) mass is 460 g/mol. The fraction of sp³-hybridized carbons (Fsp3) is 0.593. The van der Waals surface area contributed by atoms with Crippen molar-refractivity contribution in [1.29, 1.82) is 0 Å². The smallest absolute Gasteiger partial charge is 0.342 e. The summed E-state index contributed by atoms with van der Waals surface area (Å²) >= 11 is 0. The van der Waals surface area contributed by atoms with Crippen LogP contribution >= 0.6 is 0 Å². The number of ether oxygens (including phenoxy) is 5. The molecule has 3 atom stereocenters. The molecule has 6 nitrogen and oxygen atoms in total. The highest BCUT2D eigenvalue weighted by molar-refractivity contribution is 5.97. The van der Waals surface area contributed by atoms with Crippen molar-refractivity contribution < 1.29 is 28.5 Å². The lowest BCUT2D eigenvalue weighted by atomic mass is 10.0. The zero-order valence-electron chi connectivity index (χ0n) is 20.5. The number of hydrogen-bond acceptors (Lipinski definition) is 6. The molecule has 0 aliphatic carbocycles. The van der Waals surface area contributed by atoms with Gasteiger partial charge in [0.25, 0.3) is 0 Å². The summed E-state index contributed by atoms with van der Waals surface area (Å²) < 4.78 is 28.4. The van der Waals surface area contributed by atoms with Gasteiger partial charge < -0.3 is 23.7 Å². The number of methoxy groups -OCH3 is 2. The Morgan fingerprint density at radius 2 is 1.94 bits per heavy atom. The van der Waals surface area contributed by atoms with Gasteiger partial charge in [0.05, 0.1) is 26.4 Å². The molecular formula is C27H40O6. The summed E-state index contributed by atoms with van der Waals surface area (Å²) in [5.41, 5.74) is 0.979. The molecule has 2 rings (SSSR count). The van der Waals surface area contributed by atoms with Gasteiger partial charge in [-0.3, -0.25) is 0 Å². The molecule has 33 heavy (non-hydrogen) atoms. The lowest BCUT2D eigenvalue weighted by Crippen LogP contribution is -2.28. The lowest BCUT2D eigenvalue weighted by molar-refractivity contribution is -0.190. The molecule has 0 N–H and O–H groups in total. The summed E-state index contributed by atoms with van der Waals surface area (Å²) in [4.78, 5) is 12.9. The average molecular weight is 461 g/mol. The van der Waals surface area contributed by atoms with Gasteiger partial charge in [0.15, 0.2) is 6.29 Å². The fourth-order valence-electron chi connectivity index (χ4n) is 4.01.